The van der Waals surface area contributed by atoms with Crippen molar-refractivity contribution in [2.45, 2.75) is 46.6 Å². The highest BCUT2D eigenvalue weighted by atomic mass is 16.1. The van der Waals surface area contributed by atoms with Gasteiger partial charge in [-0.3, -0.25) is 9.48 Å². The van der Waals surface area contributed by atoms with Gasteiger partial charge in [0.25, 0.3) is 0 Å². The summed E-state index contributed by atoms with van der Waals surface area (Å²) in [6.45, 7) is 6.95. The Kier molecular flexibility index (Phi) is 4.37. The quantitative estimate of drug-likeness (QED) is 0.809. The summed E-state index contributed by atoms with van der Waals surface area (Å²) in [5.41, 5.74) is 3.36. The van der Waals surface area contributed by atoms with Crippen LogP contribution in [0.25, 0.3) is 0 Å². The molecule has 2 aromatic heterocycles. The van der Waals surface area contributed by atoms with Crippen molar-refractivity contribution in [3.8, 4) is 0 Å². The SMILES string of the molecule is CCn1ccnc1CC(=O)CCc1c(C)nn(C)c1C. The highest BCUT2D eigenvalue weighted by molar-refractivity contribution is 5.80. The molecule has 0 N–H and O–H groups in total. The number of hydrogen-bond acceptors (Lipinski definition) is 3. The van der Waals surface area contributed by atoms with Gasteiger partial charge in [0, 0.05) is 38.1 Å². The third-order valence-electron chi connectivity index (χ3n) is 3.81. The summed E-state index contributed by atoms with van der Waals surface area (Å²) in [7, 11) is 1.94. The summed E-state index contributed by atoms with van der Waals surface area (Å²) in [5, 5.41) is 4.38. The highest BCUT2D eigenvalue weighted by Gasteiger charge is 2.13. The minimum atomic E-state index is 0.230. The van der Waals surface area contributed by atoms with E-state index < -0.39 is 0 Å². The highest BCUT2D eigenvalue weighted by Crippen LogP contribution is 2.14. The van der Waals surface area contributed by atoms with Gasteiger partial charge in [-0.2, -0.15) is 5.10 Å². The first-order chi connectivity index (χ1) is 9.52. The minimum absolute atomic E-state index is 0.230. The van der Waals surface area contributed by atoms with Crippen LogP contribution < -0.4 is 0 Å². The fourth-order valence-corrected chi connectivity index (χ4v) is 2.50. The van der Waals surface area contributed by atoms with Crippen molar-refractivity contribution >= 4 is 5.78 Å². The van der Waals surface area contributed by atoms with Gasteiger partial charge in [0.2, 0.25) is 0 Å². The third-order valence-corrected chi connectivity index (χ3v) is 3.81. The zero-order chi connectivity index (χ0) is 14.7. The molecular weight excluding hydrogens is 252 g/mol. The van der Waals surface area contributed by atoms with E-state index in [-0.39, 0.29) is 5.78 Å². The van der Waals surface area contributed by atoms with E-state index in [4.69, 9.17) is 0 Å². The van der Waals surface area contributed by atoms with Gasteiger partial charge in [0.05, 0.1) is 12.1 Å². The number of hydrogen-bond donors (Lipinski definition) is 0. The lowest BCUT2D eigenvalue weighted by Gasteiger charge is -2.05. The lowest BCUT2D eigenvalue weighted by Crippen LogP contribution is -2.10. The van der Waals surface area contributed by atoms with E-state index in [0.29, 0.717) is 12.8 Å². The van der Waals surface area contributed by atoms with Gasteiger partial charge in [-0.05, 0) is 32.8 Å². The van der Waals surface area contributed by atoms with E-state index in [9.17, 15) is 4.79 Å². The predicted molar refractivity (Wildman–Crippen MR) is 77.6 cm³/mol. The Morgan fingerprint density at radius 2 is 2.10 bits per heavy atom. The molecule has 0 aliphatic carbocycles. The molecule has 0 aromatic carbocycles. The topological polar surface area (TPSA) is 52.7 Å². The van der Waals surface area contributed by atoms with Gasteiger partial charge in [-0.1, -0.05) is 0 Å². The molecule has 0 bridgehead atoms. The lowest BCUT2D eigenvalue weighted by atomic mass is 10.0. The van der Waals surface area contributed by atoms with Crippen molar-refractivity contribution in [2.24, 2.45) is 7.05 Å². The molecule has 0 fully saturated rings. The summed E-state index contributed by atoms with van der Waals surface area (Å²) < 4.78 is 3.89. The van der Waals surface area contributed by atoms with Crippen LogP contribution in [0.5, 0.6) is 0 Å². The Morgan fingerprint density at radius 1 is 1.35 bits per heavy atom. The molecule has 0 spiro atoms. The van der Waals surface area contributed by atoms with Crippen molar-refractivity contribution in [3.05, 3.63) is 35.2 Å². The van der Waals surface area contributed by atoms with Gasteiger partial charge < -0.3 is 4.57 Å². The van der Waals surface area contributed by atoms with E-state index in [0.717, 1.165) is 30.2 Å². The molecule has 2 heterocycles. The Balaban J connectivity index is 1.96. The van der Waals surface area contributed by atoms with Gasteiger partial charge in [0.1, 0.15) is 11.6 Å². The molecule has 0 radical (unpaired) electrons. The maximum atomic E-state index is 12.1. The second-order valence-electron chi connectivity index (χ2n) is 5.12. The molecule has 0 unspecified atom stereocenters. The van der Waals surface area contributed by atoms with Crippen LogP contribution in [0.2, 0.25) is 0 Å². The summed E-state index contributed by atoms with van der Waals surface area (Å²) in [4.78, 5) is 16.3. The second-order valence-corrected chi connectivity index (χ2v) is 5.12. The Labute approximate surface area is 119 Å². The first kappa shape index (κ1) is 14.5. The van der Waals surface area contributed by atoms with Crippen LogP contribution in [-0.2, 0) is 31.2 Å². The van der Waals surface area contributed by atoms with Crippen LogP contribution in [0.1, 0.15) is 36.1 Å². The van der Waals surface area contributed by atoms with Crippen molar-refractivity contribution < 1.29 is 4.79 Å². The van der Waals surface area contributed by atoms with Crippen LogP contribution in [0.3, 0.4) is 0 Å². The number of aromatic nitrogens is 4. The maximum Gasteiger partial charge on any atom is 0.140 e. The van der Waals surface area contributed by atoms with E-state index in [2.05, 4.69) is 17.0 Å². The Morgan fingerprint density at radius 3 is 2.70 bits per heavy atom. The molecule has 2 rings (SSSR count). The molecule has 0 saturated carbocycles. The van der Waals surface area contributed by atoms with Crippen molar-refractivity contribution in [1.82, 2.24) is 19.3 Å². The zero-order valence-electron chi connectivity index (χ0n) is 12.7. The molecule has 0 aliphatic rings. The maximum absolute atomic E-state index is 12.1. The number of aryl methyl sites for hydroxylation is 3. The zero-order valence-corrected chi connectivity index (χ0v) is 12.7. The van der Waals surface area contributed by atoms with Gasteiger partial charge in [0.15, 0.2) is 0 Å². The standard InChI is InChI=1S/C15H22N4O/c1-5-19-9-8-16-15(19)10-13(20)6-7-14-11(2)17-18(4)12(14)3/h8-9H,5-7,10H2,1-4H3. The van der Waals surface area contributed by atoms with Crippen molar-refractivity contribution in [3.63, 3.8) is 0 Å². The molecular formula is C15H22N4O. The van der Waals surface area contributed by atoms with Crippen molar-refractivity contribution in [2.75, 3.05) is 0 Å². The number of ketones is 1. The number of rotatable bonds is 6. The number of imidazole rings is 1. The minimum Gasteiger partial charge on any atom is -0.335 e. The average Bonchev–Trinajstić information content (AvgIpc) is 2.94. The van der Waals surface area contributed by atoms with Crippen LogP contribution in [-0.4, -0.2) is 25.1 Å². The van der Waals surface area contributed by atoms with Crippen LogP contribution in [0.4, 0.5) is 0 Å². The smallest absolute Gasteiger partial charge is 0.140 e. The average molecular weight is 274 g/mol. The molecule has 20 heavy (non-hydrogen) atoms. The first-order valence-electron chi connectivity index (χ1n) is 7.03. The van der Waals surface area contributed by atoms with E-state index in [1.165, 1.54) is 5.56 Å². The van der Waals surface area contributed by atoms with E-state index >= 15 is 0 Å². The number of carbonyl (C=O) groups is 1. The molecule has 2 aromatic rings. The van der Waals surface area contributed by atoms with E-state index in [1.807, 2.05) is 36.3 Å². The van der Waals surface area contributed by atoms with Gasteiger partial charge >= 0.3 is 0 Å². The molecule has 5 nitrogen and oxygen atoms in total. The molecule has 108 valence electrons. The van der Waals surface area contributed by atoms with Crippen molar-refractivity contribution in [1.29, 1.82) is 0 Å². The molecule has 5 heteroatoms. The number of Topliss-reactive ketones (excluding diaryl/α,β-unsaturated/α-hetero) is 1. The monoisotopic (exact) mass is 274 g/mol. The predicted octanol–water partition coefficient (Wildman–Crippen LogP) is 2.00. The summed E-state index contributed by atoms with van der Waals surface area (Å²) in [6.07, 6.45) is 5.39. The fraction of sp³-hybridized carbons (Fsp3) is 0.533. The van der Waals surface area contributed by atoms with E-state index in [1.54, 1.807) is 6.20 Å². The molecule has 0 aliphatic heterocycles. The van der Waals surface area contributed by atoms with Crippen LogP contribution in [0.15, 0.2) is 12.4 Å². The normalized spacial score (nSPS) is 11.0. The van der Waals surface area contributed by atoms with Crippen LogP contribution >= 0.6 is 0 Å². The number of carbonyl (C=O) groups excluding carboxylic acids is 1. The van der Waals surface area contributed by atoms with Gasteiger partial charge in [-0.25, -0.2) is 4.98 Å². The first-order valence-corrected chi connectivity index (χ1v) is 7.03. The second kappa shape index (κ2) is 6.03. The van der Waals surface area contributed by atoms with Crippen LogP contribution in [0, 0.1) is 13.8 Å². The Hall–Kier alpha value is -1.91. The Bertz CT molecular complexity index is 609. The number of nitrogens with zero attached hydrogens (tertiary/aromatic N) is 4. The molecule has 0 saturated heterocycles. The lowest BCUT2D eigenvalue weighted by molar-refractivity contribution is -0.118. The molecule has 0 atom stereocenters. The van der Waals surface area contributed by atoms with Gasteiger partial charge in [-0.15, -0.1) is 0 Å². The third kappa shape index (κ3) is 2.98. The summed E-state index contributed by atoms with van der Waals surface area (Å²) >= 11 is 0. The molecule has 0 amide bonds. The largest absolute Gasteiger partial charge is 0.335 e. The fourth-order valence-electron chi connectivity index (χ4n) is 2.50. The summed E-state index contributed by atoms with van der Waals surface area (Å²) in [6, 6.07) is 0. The summed E-state index contributed by atoms with van der Waals surface area (Å²) in [5.74, 6) is 1.09.